The number of hydrogen-bond donors (Lipinski definition) is 1. The first-order chi connectivity index (χ1) is 10.3. The molecule has 4 nitrogen and oxygen atoms in total. The van der Waals surface area contributed by atoms with Gasteiger partial charge in [-0.25, -0.2) is 0 Å². The first-order valence-corrected chi connectivity index (χ1v) is 6.87. The number of benzene rings is 1. The van der Waals surface area contributed by atoms with E-state index in [0.29, 0.717) is 6.54 Å². The second-order valence-electron chi connectivity index (χ2n) is 4.65. The third kappa shape index (κ3) is 3.89. The molecule has 0 radical (unpaired) electrons. The zero-order valence-corrected chi connectivity index (χ0v) is 12.5. The highest BCUT2D eigenvalue weighted by Gasteiger charge is 2.13. The fraction of sp³-hybridized carbons (Fsp3) is 0.294. The number of nitrogens with one attached hydrogen (secondary N) is 1. The van der Waals surface area contributed by atoms with E-state index in [9.17, 15) is 0 Å². The van der Waals surface area contributed by atoms with Crippen LogP contribution in [0, 0.1) is 0 Å². The van der Waals surface area contributed by atoms with Crippen molar-refractivity contribution in [3.63, 3.8) is 0 Å². The lowest BCUT2D eigenvalue weighted by molar-refractivity contribution is 0.353. The van der Waals surface area contributed by atoms with Crippen LogP contribution in [0.3, 0.4) is 0 Å². The molecule has 1 aromatic heterocycles. The predicted octanol–water partition coefficient (Wildman–Crippen LogP) is 3.70. The molecule has 2 rings (SSSR count). The van der Waals surface area contributed by atoms with Crippen molar-refractivity contribution in [3.8, 4) is 11.5 Å². The Morgan fingerprint density at radius 1 is 1.24 bits per heavy atom. The summed E-state index contributed by atoms with van der Waals surface area (Å²) in [4.78, 5) is 0. The van der Waals surface area contributed by atoms with E-state index in [1.165, 1.54) is 0 Å². The van der Waals surface area contributed by atoms with Crippen molar-refractivity contribution in [2.75, 3.05) is 14.2 Å². The van der Waals surface area contributed by atoms with Crippen LogP contribution in [0.25, 0.3) is 0 Å². The number of methoxy groups -OCH3 is 2. The standard InChI is InChI=1S/C17H21NO3/c1-4-6-15(18-12-14-7-5-10-21-14)13-8-9-16(19-2)17(11-13)20-3/h4-5,7-11,15,18H,1,6,12H2,2-3H3/t15-/m1/s1. The van der Waals surface area contributed by atoms with E-state index < -0.39 is 0 Å². The quantitative estimate of drug-likeness (QED) is 0.752. The van der Waals surface area contributed by atoms with Gasteiger partial charge in [-0.15, -0.1) is 6.58 Å². The smallest absolute Gasteiger partial charge is 0.161 e. The van der Waals surface area contributed by atoms with E-state index >= 15 is 0 Å². The SMILES string of the molecule is C=CC[C@@H](NCc1ccco1)c1ccc(OC)c(OC)c1. The highest BCUT2D eigenvalue weighted by Crippen LogP contribution is 2.31. The molecule has 0 saturated heterocycles. The van der Waals surface area contributed by atoms with Gasteiger partial charge in [0, 0.05) is 6.04 Å². The van der Waals surface area contributed by atoms with Gasteiger partial charge in [0.1, 0.15) is 5.76 Å². The Labute approximate surface area is 125 Å². The van der Waals surface area contributed by atoms with Gasteiger partial charge in [-0.05, 0) is 36.2 Å². The molecule has 21 heavy (non-hydrogen) atoms. The number of rotatable bonds is 8. The zero-order chi connectivity index (χ0) is 15.1. The average Bonchev–Trinajstić information content (AvgIpc) is 3.04. The summed E-state index contributed by atoms with van der Waals surface area (Å²) in [5.41, 5.74) is 1.12. The average molecular weight is 287 g/mol. The second-order valence-corrected chi connectivity index (χ2v) is 4.65. The first kappa shape index (κ1) is 15.2. The van der Waals surface area contributed by atoms with Gasteiger partial charge in [-0.2, -0.15) is 0 Å². The minimum atomic E-state index is 0.146. The Hall–Kier alpha value is -2.20. The van der Waals surface area contributed by atoms with Crippen LogP contribution in [0.15, 0.2) is 53.7 Å². The number of furan rings is 1. The van der Waals surface area contributed by atoms with E-state index in [4.69, 9.17) is 13.9 Å². The van der Waals surface area contributed by atoms with E-state index in [-0.39, 0.29) is 6.04 Å². The molecule has 0 unspecified atom stereocenters. The molecule has 0 spiro atoms. The Morgan fingerprint density at radius 2 is 2.05 bits per heavy atom. The van der Waals surface area contributed by atoms with Gasteiger partial charge in [0.05, 0.1) is 27.0 Å². The summed E-state index contributed by atoms with van der Waals surface area (Å²) >= 11 is 0. The van der Waals surface area contributed by atoms with Crippen LogP contribution in [-0.4, -0.2) is 14.2 Å². The minimum Gasteiger partial charge on any atom is -0.493 e. The van der Waals surface area contributed by atoms with Crippen LogP contribution in [-0.2, 0) is 6.54 Å². The van der Waals surface area contributed by atoms with Crippen LogP contribution in [0.5, 0.6) is 11.5 Å². The van der Waals surface area contributed by atoms with Crippen LogP contribution >= 0.6 is 0 Å². The van der Waals surface area contributed by atoms with Gasteiger partial charge in [0.15, 0.2) is 11.5 Å². The molecule has 0 aliphatic rings. The molecule has 0 fully saturated rings. The fourth-order valence-corrected chi connectivity index (χ4v) is 2.21. The van der Waals surface area contributed by atoms with Crippen molar-refractivity contribution in [1.82, 2.24) is 5.32 Å². The van der Waals surface area contributed by atoms with E-state index in [1.807, 2.05) is 36.4 Å². The molecule has 0 bridgehead atoms. The molecule has 0 aliphatic heterocycles. The largest absolute Gasteiger partial charge is 0.493 e. The fourth-order valence-electron chi connectivity index (χ4n) is 2.21. The van der Waals surface area contributed by atoms with Crippen molar-refractivity contribution in [1.29, 1.82) is 0 Å². The molecule has 2 aromatic rings. The molecule has 0 saturated carbocycles. The topological polar surface area (TPSA) is 43.6 Å². The predicted molar refractivity (Wildman–Crippen MR) is 82.6 cm³/mol. The molecule has 1 aromatic carbocycles. The van der Waals surface area contributed by atoms with Crippen LogP contribution < -0.4 is 14.8 Å². The number of hydrogen-bond acceptors (Lipinski definition) is 4. The van der Waals surface area contributed by atoms with E-state index in [1.54, 1.807) is 20.5 Å². The van der Waals surface area contributed by atoms with Gasteiger partial charge in [-0.3, -0.25) is 0 Å². The van der Waals surface area contributed by atoms with Gasteiger partial charge in [-0.1, -0.05) is 12.1 Å². The van der Waals surface area contributed by atoms with Crippen molar-refractivity contribution in [2.24, 2.45) is 0 Å². The summed E-state index contributed by atoms with van der Waals surface area (Å²) in [5.74, 6) is 2.36. The number of ether oxygens (including phenoxy) is 2. The van der Waals surface area contributed by atoms with Crippen molar-refractivity contribution >= 4 is 0 Å². The lowest BCUT2D eigenvalue weighted by Crippen LogP contribution is -2.20. The molecule has 112 valence electrons. The summed E-state index contributed by atoms with van der Waals surface area (Å²) in [6.07, 6.45) is 4.39. The van der Waals surface area contributed by atoms with Gasteiger partial charge in [0.2, 0.25) is 0 Å². The normalized spacial score (nSPS) is 11.9. The molecular formula is C17H21NO3. The molecule has 0 amide bonds. The summed E-state index contributed by atoms with van der Waals surface area (Å²) < 4.78 is 16.0. The maximum atomic E-state index is 5.36. The maximum Gasteiger partial charge on any atom is 0.161 e. The highest BCUT2D eigenvalue weighted by atomic mass is 16.5. The Kier molecular flexibility index (Phi) is 5.46. The van der Waals surface area contributed by atoms with Crippen LogP contribution in [0.4, 0.5) is 0 Å². The van der Waals surface area contributed by atoms with Crippen molar-refractivity contribution in [2.45, 2.75) is 19.0 Å². The Bertz CT molecular complexity index is 563. The molecule has 1 atom stereocenters. The minimum absolute atomic E-state index is 0.146. The summed E-state index contributed by atoms with van der Waals surface area (Å²) in [5, 5.41) is 3.47. The monoisotopic (exact) mass is 287 g/mol. The van der Waals surface area contributed by atoms with Gasteiger partial charge < -0.3 is 19.2 Å². The van der Waals surface area contributed by atoms with Gasteiger partial charge >= 0.3 is 0 Å². The second kappa shape index (κ2) is 7.55. The lowest BCUT2D eigenvalue weighted by atomic mass is 10.0. The lowest BCUT2D eigenvalue weighted by Gasteiger charge is -2.18. The summed E-state index contributed by atoms with van der Waals surface area (Å²) in [6, 6.07) is 9.92. The third-order valence-corrected chi connectivity index (χ3v) is 3.32. The summed E-state index contributed by atoms with van der Waals surface area (Å²) in [6.45, 7) is 4.49. The third-order valence-electron chi connectivity index (χ3n) is 3.32. The molecular weight excluding hydrogens is 266 g/mol. The summed E-state index contributed by atoms with van der Waals surface area (Å²) in [7, 11) is 3.27. The molecule has 1 heterocycles. The zero-order valence-electron chi connectivity index (χ0n) is 12.5. The van der Waals surface area contributed by atoms with E-state index in [0.717, 1.165) is 29.2 Å². The first-order valence-electron chi connectivity index (χ1n) is 6.87. The molecule has 4 heteroatoms. The van der Waals surface area contributed by atoms with Crippen molar-refractivity contribution < 1.29 is 13.9 Å². The maximum absolute atomic E-state index is 5.36. The highest BCUT2D eigenvalue weighted by molar-refractivity contribution is 5.43. The Morgan fingerprint density at radius 3 is 2.67 bits per heavy atom. The molecule has 0 aliphatic carbocycles. The van der Waals surface area contributed by atoms with Crippen molar-refractivity contribution in [3.05, 3.63) is 60.6 Å². The van der Waals surface area contributed by atoms with E-state index in [2.05, 4.69) is 11.9 Å². The van der Waals surface area contributed by atoms with Crippen LogP contribution in [0.2, 0.25) is 0 Å². The molecule has 1 N–H and O–H groups in total. The van der Waals surface area contributed by atoms with Crippen LogP contribution in [0.1, 0.15) is 23.8 Å². The Balaban J connectivity index is 2.14. The van der Waals surface area contributed by atoms with Gasteiger partial charge in [0.25, 0.3) is 0 Å².